The van der Waals surface area contributed by atoms with E-state index >= 15 is 0 Å². The van der Waals surface area contributed by atoms with Crippen LogP contribution in [-0.2, 0) is 15.6 Å². The monoisotopic (exact) mass is 652 g/mol. The first-order valence-electron chi connectivity index (χ1n) is 13.4. The smallest absolute Gasteiger partial charge is 0.343 e. The Morgan fingerprint density at radius 3 is 2.38 bits per heavy atom. The zero-order chi connectivity index (χ0) is 30.2. The van der Waals surface area contributed by atoms with E-state index in [1.54, 1.807) is 31.3 Å². The third kappa shape index (κ3) is 7.22. The van der Waals surface area contributed by atoms with Crippen LogP contribution in [-0.4, -0.2) is 37.5 Å². The molecule has 0 N–H and O–H groups in total. The molecule has 10 heteroatoms. The fraction of sp³-hybridized carbons (Fsp3) is 0.500. The minimum Gasteiger partial charge on any atom is -0.462 e. The maximum atomic E-state index is 14.8. The molecule has 2 aromatic heterocycles. The molecular formula is C30H39BrClFN2O4Si. The summed E-state index contributed by atoms with van der Waals surface area (Å²) in [5.41, 5.74) is -0.256. The highest BCUT2D eigenvalue weighted by Gasteiger charge is 2.42. The van der Waals surface area contributed by atoms with Gasteiger partial charge in [0.05, 0.1) is 28.7 Å². The number of pyridine rings is 2. The lowest BCUT2D eigenvalue weighted by molar-refractivity contribution is -0.00177. The largest absolute Gasteiger partial charge is 0.462 e. The minimum absolute atomic E-state index is 0.0170. The summed E-state index contributed by atoms with van der Waals surface area (Å²) in [6.45, 7) is 18.7. The Balaban J connectivity index is 2.34. The number of carbonyl (C=O) groups excluding carboxylic acids is 1. The van der Waals surface area contributed by atoms with Gasteiger partial charge in [-0.25, -0.2) is 14.2 Å². The highest BCUT2D eigenvalue weighted by Crippen LogP contribution is 2.43. The number of halogens is 3. The van der Waals surface area contributed by atoms with Gasteiger partial charge < -0.3 is 13.7 Å². The number of fused-ring (bicyclic) bond motifs is 1. The van der Waals surface area contributed by atoms with Gasteiger partial charge in [0.25, 0.3) is 0 Å². The SMILES string of the molecule is CCOC(=O)c1cn([C@@H](C(C)(C)C)C(C)(C)O[SiH2]C(C)(C)C)c2nc(Br)c(Cc3cccc(Cl)c3F)cc2c1=O. The van der Waals surface area contributed by atoms with E-state index in [2.05, 4.69) is 57.5 Å². The Morgan fingerprint density at radius 2 is 1.80 bits per heavy atom. The maximum absolute atomic E-state index is 14.8. The van der Waals surface area contributed by atoms with Crippen LogP contribution in [0.15, 0.2) is 39.9 Å². The Kier molecular flexibility index (Phi) is 9.76. The van der Waals surface area contributed by atoms with Crippen LogP contribution in [0.2, 0.25) is 10.1 Å². The zero-order valence-electron chi connectivity index (χ0n) is 24.7. The number of benzene rings is 1. The van der Waals surface area contributed by atoms with Gasteiger partial charge in [-0.15, -0.1) is 0 Å². The van der Waals surface area contributed by atoms with E-state index in [9.17, 15) is 14.0 Å². The third-order valence-corrected chi connectivity index (χ3v) is 9.31. The van der Waals surface area contributed by atoms with Crippen molar-refractivity contribution in [2.45, 2.75) is 85.4 Å². The van der Waals surface area contributed by atoms with Crippen LogP contribution in [0.1, 0.15) is 89.8 Å². The average molecular weight is 654 g/mol. The third-order valence-electron chi connectivity index (χ3n) is 6.57. The number of aromatic nitrogens is 2. The van der Waals surface area contributed by atoms with Gasteiger partial charge in [0, 0.05) is 12.6 Å². The molecule has 0 saturated carbocycles. The Labute approximate surface area is 251 Å². The second-order valence-electron chi connectivity index (χ2n) is 12.9. The molecule has 6 nitrogen and oxygen atoms in total. The average Bonchev–Trinajstić information content (AvgIpc) is 2.82. The number of hydrogen-bond donors (Lipinski definition) is 0. The lowest BCUT2D eigenvalue weighted by atomic mass is 9.77. The molecule has 0 aliphatic heterocycles. The van der Waals surface area contributed by atoms with Crippen molar-refractivity contribution in [3.8, 4) is 0 Å². The maximum Gasteiger partial charge on any atom is 0.343 e. The fourth-order valence-corrected chi connectivity index (χ4v) is 6.71. The summed E-state index contributed by atoms with van der Waals surface area (Å²) >= 11 is 9.56. The summed E-state index contributed by atoms with van der Waals surface area (Å²) in [5.74, 6) is -1.23. The van der Waals surface area contributed by atoms with E-state index in [0.29, 0.717) is 21.4 Å². The number of esters is 1. The van der Waals surface area contributed by atoms with Gasteiger partial charge in [0.2, 0.25) is 5.43 Å². The van der Waals surface area contributed by atoms with Crippen molar-refractivity contribution in [2.24, 2.45) is 5.41 Å². The second-order valence-corrected chi connectivity index (χ2v) is 16.8. The molecule has 0 bridgehead atoms. The Bertz CT molecular complexity index is 1480. The van der Waals surface area contributed by atoms with E-state index in [-0.39, 0.29) is 45.5 Å². The molecule has 0 unspecified atom stereocenters. The predicted octanol–water partition coefficient (Wildman–Crippen LogP) is 7.40. The van der Waals surface area contributed by atoms with Crippen molar-refractivity contribution >= 4 is 54.3 Å². The topological polar surface area (TPSA) is 70.4 Å². The highest BCUT2D eigenvalue weighted by atomic mass is 79.9. The van der Waals surface area contributed by atoms with Gasteiger partial charge in [-0.2, -0.15) is 0 Å². The van der Waals surface area contributed by atoms with Crippen LogP contribution in [0.3, 0.4) is 0 Å². The summed E-state index contributed by atoms with van der Waals surface area (Å²) < 4.78 is 29.0. The molecule has 2 heterocycles. The van der Waals surface area contributed by atoms with Crippen molar-refractivity contribution in [2.75, 3.05) is 6.61 Å². The molecule has 0 aliphatic carbocycles. The van der Waals surface area contributed by atoms with Crippen molar-refractivity contribution in [1.29, 1.82) is 0 Å². The molecule has 218 valence electrons. The summed E-state index contributed by atoms with van der Waals surface area (Å²) in [5, 5.41) is 0.320. The normalized spacial score (nSPS) is 13.8. The molecule has 40 heavy (non-hydrogen) atoms. The predicted molar refractivity (Wildman–Crippen MR) is 166 cm³/mol. The van der Waals surface area contributed by atoms with Crippen LogP contribution >= 0.6 is 27.5 Å². The van der Waals surface area contributed by atoms with Crippen LogP contribution in [0.25, 0.3) is 11.0 Å². The van der Waals surface area contributed by atoms with Crippen molar-refractivity contribution < 1.29 is 18.3 Å². The van der Waals surface area contributed by atoms with Gasteiger partial charge >= 0.3 is 5.97 Å². The number of hydrogen-bond acceptors (Lipinski definition) is 5. The number of nitrogens with zero attached hydrogens (tertiary/aromatic N) is 2. The molecule has 3 rings (SSSR count). The molecular weight excluding hydrogens is 615 g/mol. The van der Waals surface area contributed by atoms with Gasteiger partial charge in [-0.05, 0) is 70.4 Å². The standard InChI is InChI=1S/C30H39BrClFN2O4Si/c1-10-38-26(37)20-16-35(27(28(2,3)4)30(8,9)39-40-29(5,6)7)25-19(23(20)36)15-18(24(31)34-25)14-17-12-11-13-21(32)22(17)33/h11-13,15-16,27H,10,14,40H2,1-9H3/t27-/m0/s1. The van der Waals surface area contributed by atoms with E-state index in [1.165, 1.54) is 6.07 Å². The van der Waals surface area contributed by atoms with E-state index in [4.69, 9.17) is 25.7 Å². The Hall–Kier alpha value is -2.07. The zero-order valence-corrected chi connectivity index (χ0v) is 28.5. The quantitative estimate of drug-likeness (QED) is 0.144. The van der Waals surface area contributed by atoms with Crippen molar-refractivity contribution in [3.05, 3.63) is 72.8 Å². The first kappa shape index (κ1) is 32.4. The molecule has 0 fully saturated rings. The highest BCUT2D eigenvalue weighted by molar-refractivity contribution is 9.10. The number of ether oxygens (including phenoxy) is 1. The minimum atomic E-state index is -0.951. The molecule has 0 aliphatic rings. The van der Waals surface area contributed by atoms with Crippen molar-refractivity contribution in [3.63, 3.8) is 0 Å². The van der Waals surface area contributed by atoms with Crippen LogP contribution in [0, 0.1) is 11.2 Å². The molecule has 1 aromatic carbocycles. The fourth-order valence-electron chi connectivity index (χ4n) is 5.13. The molecule has 0 saturated heterocycles. The summed E-state index contributed by atoms with van der Waals surface area (Å²) in [6, 6.07) is 6.15. The summed E-state index contributed by atoms with van der Waals surface area (Å²) in [6.07, 6.45) is 1.70. The van der Waals surface area contributed by atoms with Crippen molar-refractivity contribution in [1.82, 2.24) is 9.55 Å². The number of carbonyl (C=O) groups is 1. The molecule has 0 spiro atoms. The first-order valence-corrected chi connectivity index (χ1v) is 15.8. The molecule has 3 aromatic rings. The van der Waals surface area contributed by atoms with Gasteiger partial charge in [0.1, 0.15) is 21.6 Å². The van der Waals surface area contributed by atoms with E-state index < -0.39 is 32.6 Å². The van der Waals surface area contributed by atoms with Gasteiger partial charge in [-0.1, -0.05) is 65.3 Å². The summed E-state index contributed by atoms with van der Waals surface area (Å²) in [7, 11) is -0.951. The van der Waals surface area contributed by atoms with Gasteiger partial charge in [0.15, 0.2) is 9.76 Å². The lowest BCUT2D eigenvalue weighted by Crippen LogP contribution is -2.46. The van der Waals surface area contributed by atoms with Crippen LogP contribution < -0.4 is 5.43 Å². The van der Waals surface area contributed by atoms with Crippen LogP contribution in [0.4, 0.5) is 4.39 Å². The molecule has 1 atom stereocenters. The molecule has 0 amide bonds. The van der Waals surface area contributed by atoms with Gasteiger partial charge in [-0.3, -0.25) is 4.79 Å². The first-order chi connectivity index (χ1) is 18.4. The molecule has 0 radical (unpaired) electrons. The number of rotatable bonds is 8. The lowest BCUT2D eigenvalue weighted by Gasteiger charge is -2.45. The van der Waals surface area contributed by atoms with E-state index in [0.717, 1.165) is 0 Å². The summed E-state index contributed by atoms with van der Waals surface area (Å²) in [4.78, 5) is 31.6. The Morgan fingerprint density at radius 1 is 1.15 bits per heavy atom. The van der Waals surface area contributed by atoms with Crippen LogP contribution in [0.5, 0.6) is 0 Å². The second kappa shape index (κ2) is 12.0. The van der Waals surface area contributed by atoms with E-state index in [1.807, 2.05) is 18.4 Å².